The van der Waals surface area contributed by atoms with E-state index in [4.69, 9.17) is 5.11 Å². The van der Waals surface area contributed by atoms with E-state index in [1.54, 1.807) is 27.9 Å². The smallest absolute Gasteiger partial charge is 0.317 e. The van der Waals surface area contributed by atoms with Crippen molar-refractivity contribution in [2.45, 2.75) is 20.3 Å². The van der Waals surface area contributed by atoms with Gasteiger partial charge in [-0.2, -0.15) is 0 Å². The number of aliphatic carboxylic acids is 1. The summed E-state index contributed by atoms with van der Waals surface area (Å²) in [4.78, 5) is 36.9. The average Bonchev–Trinajstić information content (AvgIpc) is 2.34. The maximum Gasteiger partial charge on any atom is 0.317 e. The number of hydrogen-bond acceptors (Lipinski definition) is 3. The van der Waals surface area contributed by atoms with Crippen molar-refractivity contribution in [3.63, 3.8) is 0 Å². The predicted molar refractivity (Wildman–Crippen MR) is 70.8 cm³/mol. The SMILES string of the molecule is CCC(C)(CNC(=O)N(C)CC(=O)N(C)C)C(=O)O. The highest BCUT2D eigenvalue weighted by Crippen LogP contribution is 2.19. The topological polar surface area (TPSA) is 90.0 Å². The van der Waals surface area contributed by atoms with Gasteiger partial charge < -0.3 is 20.2 Å². The Labute approximate surface area is 113 Å². The largest absolute Gasteiger partial charge is 0.481 e. The molecule has 0 saturated heterocycles. The van der Waals surface area contributed by atoms with Gasteiger partial charge in [0.1, 0.15) is 6.54 Å². The zero-order valence-corrected chi connectivity index (χ0v) is 12.2. The summed E-state index contributed by atoms with van der Waals surface area (Å²) in [7, 11) is 4.69. The van der Waals surface area contributed by atoms with E-state index >= 15 is 0 Å². The molecule has 0 saturated carbocycles. The van der Waals surface area contributed by atoms with Crippen LogP contribution in [0.25, 0.3) is 0 Å². The highest BCUT2D eigenvalue weighted by atomic mass is 16.4. The molecule has 0 radical (unpaired) electrons. The Hall–Kier alpha value is -1.79. The van der Waals surface area contributed by atoms with Crippen LogP contribution < -0.4 is 5.32 Å². The van der Waals surface area contributed by atoms with Gasteiger partial charge in [0.25, 0.3) is 0 Å². The van der Waals surface area contributed by atoms with Crippen molar-refractivity contribution in [2.24, 2.45) is 5.41 Å². The molecular weight excluding hydrogens is 250 g/mol. The first-order valence-corrected chi connectivity index (χ1v) is 6.06. The van der Waals surface area contributed by atoms with E-state index in [1.807, 2.05) is 0 Å². The summed E-state index contributed by atoms with van der Waals surface area (Å²) < 4.78 is 0. The quantitative estimate of drug-likeness (QED) is 0.724. The van der Waals surface area contributed by atoms with Crippen molar-refractivity contribution in [1.29, 1.82) is 0 Å². The van der Waals surface area contributed by atoms with E-state index in [9.17, 15) is 14.4 Å². The summed E-state index contributed by atoms with van der Waals surface area (Å²) >= 11 is 0. The van der Waals surface area contributed by atoms with Crippen LogP contribution in [-0.2, 0) is 9.59 Å². The Balaban J connectivity index is 4.39. The number of hydrogen-bond donors (Lipinski definition) is 2. The lowest BCUT2D eigenvalue weighted by atomic mass is 9.88. The van der Waals surface area contributed by atoms with E-state index in [0.717, 1.165) is 0 Å². The number of carbonyl (C=O) groups is 3. The molecule has 1 unspecified atom stereocenters. The Kier molecular flexibility index (Phi) is 6.31. The number of amides is 3. The van der Waals surface area contributed by atoms with Gasteiger partial charge in [0.2, 0.25) is 5.91 Å². The molecule has 0 aliphatic carbocycles. The summed E-state index contributed by atoms with van der Waals surface area (Å²) in [6, 6.07) is -0.462. The monoisotopic (exact) mass is 273 g/mol. The van der Waals surface area contributed by atoms with Gasteiger partial charge in [0.05, 0.1) is 5.41 Å². The van der Waals surface area contributed by atoms with Crippen LogP contribution in [0.15, 0.2) is 0 Å². The second-order valence-corrected chi connectivity index (χ2v) is 5.02. The molecule has 0 bridgehead atoms. The van der Waals surface area contributed by atoms with Crippen LogP contribution in [0.1, 0.15) is 20.3 Å². The molecule has 0 spiro atoms. The summed E-state index contributed by atoms with van der Waals surface area (Å²) in [6.07, 6.45) is 0.406. The standard InChI is InChI=1S/C12H23N3O4/c1-6-12(2,10(17)18)8-13-11(19)15(5)7-9(16)14(3)4/h6-8H2,1-5H3,(H,13,19)(H,17,18). The van der Waals surface area contributed by atoms with Gasteiger partial charge in [-0.25, -0.2) is 4.79 Å². The lowest BCUT2D eigenvalue weighted by molar-refractivity contribution is -0.147. The van der Waals surface area contributed by atoms with E-state index in [0.29, 0.717) is 6.42 Å². The Morgan fingerprint density at radius 2 is 1.74 bits per heavy atom. The zero-order valence-electron chi connectivity index (χ0n) is 12.2. The van der Waals surface area contributed by atoms with Gasteiger partial charge in [-0.15, -0.1) is 0 Å². The van der Waals surface area contributed by atoms with Crippen molar-refractivity contribution in [3.05, 3.63) is 0 Å². The second-order valence-electron chi connectivity index (χ2n) is 5.02. The molecule has 19 heavy (non-hydrogen) atoms. The second kappa shape index (κ2) is 6.96. The van der Waals surface area contributed by atoms with Crippen molar-refractivity contribution < 1.29 is 19.5 Å². The lowest BCUT2D eigenvalue weighted by Crippen LogP contribution is -2.47. The van der Waals surface area contributed by atoms with Crippen molar-refractivity contribution in [3.8, 4) is 0 Å². The maximum absolute atomic E-state index is 11.7. The summed E-state index contributed by atoms with van der Waals surface area (Å²) in [6.45, 7) is 3.30. The number of likely N-dealkylation sites (N-methyl/N-ethyl adjacent to an activating group) is 2. The zero-order chi connectivity index (χ0) is 15.2. The fourth-order valence-electron chi connectivity index (χ4n) is 1.17. The number of nitrogens with zero attached hydrogens (tertiary/aromatic N) is 2. The summed E-state index contributed by atoms with van der Waals surface area (Å²) in [5.41, 5.74) is -0.998. The molecule has 7 heteroatoms. The van der Waals surface area contributed by atoms with Crippen LogP contribution in [0.5, 0.6) is 0 Å². The summed E-state index contributed by atoms with van der Waals surface area (Å²) in [5.74, 6) is -1.16. The van der Waals surface area contributed by atoms with Crippen LogP contribution >= 0.6 is 0 Å². The van der Waals surface area contributed by atoms with Crippen LogP contribution in [0.4, 0.5) is 4.79 Å². The van der Waals surface area contributed by atoms with Crippen molar-refractivity contribution >= 4 is 17.9 Å². The molecule has 0 rings (SSSR count). The fraction of sp³-hybridized carbons (Fsp3) is 0.750. The van der Waals surface area contributed by atoms with Gasteiger partial charge in [0.15, 0.2) is 0 Å². The van der Waals surface area contributed by atoms with Gasteiger partial charge in [-0.3, -0.25) is 9.59 Å². The molecule has 0 fully saturated rings. The minimum absolute atomic E-state index is 0.0260. The molecular formula is C12H23N3O4. The average molecular weight is 273 g/mol. The summed E-state index contributed by atoms with van der Waals surface area (Å²) in [5, 5.41) is 11.6. The van der Waals surface area contributed by atoms with Crippen LogP contribution in [0.2, 0.25) is 0 Å². The molecule has 0 aromatic heterocycles. The van der Waals surface area contributed by atoms with E-state index in [-0.39, 0.29) is 19.0 Å². The first-order valence-electron chi connectivity index (χ1n) is 6.06. The first kappa shape index (κ1) is 17.2. The molecule has 0 aliphatic heterocycles. The van der Waals surface area contributed by atoms with Gasteiger partial charge in [0, 0.05) is 27.7 Å². The van der Waals surface area contributed by atoms with Crippen LogP contribution in [0, 0.1) is 5.41 Å². The maximum atomic E-state index is 11.7. The molecule has 3 amide bonds. The highest BCUT2D eigenvalue weighted by Gasteiger charge is 2.31. The lowest BCUT2D eigenvalue weighted by Gasteiger charge is -2.25. The number of urea groups is 1. The van der Waals surface area contributed by atoms with E-state index < -0.39 is 17.4 Å². The predicted octanol–water partition coefficient (Wildman–Crippen LogP) is 0.217. The third-order valence-corrected chi connectivity index (χ3v) is 3.14. The molecule has 110 valence electrons. The third kappa shape index (κ3) is 5.15. The van der Waals surface area contributed by atoms with E-state index in [1.165, 1.54) is 16.8 Å². The Morgan fingerprint density at radius 3 is 2.11 bits per heavy atom. The molecule has 0 heterocycles. The minimum Gasteiger partial charge on any atom is -0.481 e. The molecule has 2 N–H and O–H groups in total. The van der Waals surface area contributed by atoms with Crippen LogP contribution in [0.3, 0.4) is 0 Å². The highest BCUT2D eigenvalue weighted by molar-refractivity contribution is 5.84. The van der Waals surface area contributed by atoms with Gasteiger partial charge in [-0.05, 0) is 13.3 Å². The number of carboxylic acids is 1. The van der Waals surface area contributed by atoms with Crippen molar-refractivity contribution in [1.82, 2.24) is 15.1 Å². The minimum atomic E-state index is -0.998. The fourth-order valence-corrected chi connectivity index (χ4v) is 1.17. The molecule has 0 aromatic carbocycles. The van der Waals surface area contributed by atoms with Gasteiger partial charge >= 0.3 is 12.0 Å². The Morgan fingerprint density at radius 1 is 1.21 bits per heavy atom. The molecule has 0 aliphatic rings. The van der Waals surface area contributed by atoms with Gasteiger partial charge in [-0.1, -0.05) is 6.92 Å². The number of carboxylic acid groups (broad SMARTS) is 1. The van der Waals surface area contributed by atoms with Crippen LogP contribution in [-0.4, -0.2) is 67.0 Å². The molecule has 1 atom stereocenters. The number of rotatable bonds is 6. The Bertz CT molecular complexity index is 357. The number of carbonyl (C=O) groups excluding carboxylic acids is 2. The van der Waals surface area contributed by atoms with Crippen molar-refractivity contribution in [2.75, 3.05) is 34.2 Å². The third-order valence-electron chi connectivity index (χ3n) is 3.14. The number of nitrogens with one attached hydrogen (secondary N) is 1. The normalized spacial score (nSPS) is 13.3. The first-order chi connectivity index (χ1) is 8.64. The molecule has 7 nitrogen and oxygen atoms in total. The van der Waals surface area contributed by atoms with E-state index in [2.05, 4.69) is 5.32 Å². The molecule has 0 aromatic rings.